The van der Waals surface area contributed by atoms with Crippen molar-refractivity contribution in [3.8, 4) is 0 Å². The lowest BCUT2D eigenvalue weighted by molar-refractivity contribution is -0.140. The van der Waals surface area contributed by atoms with Crippen molar-refractivity contribution in [2.24, 2.45) is 23.5 Å². The molecule has 1 aliphatic carbocycles. The van der Waals surface area contributed by atoms with Crippen LogP contribution in [0.4, 0.5) is 0 Å². The maximum absolute atomic E-state index is 12.6. The molecule has 5 heteroatoms. The van der Waals surface area contributed by atoms with E-state index in [4.69, 9.17) is 5.73 Å². The molecule has 2 aliphatic rings. The van der Waals surface area contributed by atoms with Crippen LogP contribution in [-0.2, 0) is 9.59 Å². The van der Waals surface area contributed by atoms with Gasteiger partial charge in [0.1, 0.15) is 0 Å². The molecule has 1 saturated carbocycles. The maximum Gasteiger partial charge on any atom is 0.225 e. The Hall–Kier alpha value is -1.10. The van der Waals surface area contributed by atoms with Crippen LogP contribution in [0.5, 0.6) is 0 Å². The Morgan fingerprint density at radius 1 is 1.25 bits per heavy atom. The van der Waals surface area contributed by atoms with Gasteiger partial charge in [-0.2, -0.15) is 0 Å². The smallest absolute Gasteiger partial charge is 0.225 e. The zero-order valence-electron chi connectivity index (χ0n) is 12.4. The molecule has 114 valence electrons. The first kappa shape index (κ1) is 15.3. The van der Waals surface area contributed by atoms with Crippen molar-refractivity contribution in [3.05, 3.63) is 0 Å². The molecule has 1 aliphatic heterocycles. The highest BCUT2D eigenvalue weighted by Gasteiger charge is 2.35. The average molecular weight is 281 g/mol. The summed E-state index contributed by atoms with van der Waals surface area (Å²) >= 11 is 0. The molecular weight excluding hydrogens is 254 g/mol. The summed E-state index contributed by atoms with van der Waals surface area (Å²) in [5, 5.41) is 2.84. The SMILES string of the molecule is CC1CCCC1C(=O)N1CCCC(C(=O)NCCN)C1. The Morgan fingerprint density at radius 2 is 2.05 bits per heavy atom. The number of amides is 2. The third kappa shape index (κ3) is 3.51. The minimum Gasteiger partial charge on any atom is -0.355 e. The Morgan fingerprint density at radius 3 is 2.70 bits per heavy atom. The molecule has 0 aromatic heterocycles. The van der Waals surface area contributed by atoms with Gasteiger partial charge in [0, 0.05) is 32.1 Å². The number of rotatable bonds is 4. The number of nitrogens with one attached hydrogen (secondary N) is 1. The summed E-state index contributed by atoms with van der Waals surface area (Å²) in [5.41, 5.74) is 5.40. The van der Waals surface area contributed by atoms with Gasteiger partial charge in [-0.05, 0) is 31.6 Å². The van der Waals surface area contributed by atoms with E-state index in [0.29, 0.717) is 25.6 Å². The van der Waals surface area contributed by atoms with Gasteiger partial charge < -0.3 is 16.0 Å². The fourth-order valence-corrected chi connectivity index (χ4v) is 3.48. The molecule has 3 unspecified atom stereocenters. The van der Waals surface area contributed by atoms with E-state index in [-0.39, 0.29) is 23.7 Å². The Bertz CT molecular complexity index is 359. The van der Waals surface area contributed by atoms with E-state index in [0.717, 1.165) is 38.6 Å². The number of nitrogens with zero attached hydrogens (tertiary/aromatic N) is 1. The summed E-state index contributed by atoms with van der Waals surface area (Å²) in [6.07, 6.45) is 5.13. The van der Waals surface area contributed by atoms with Gasteiger partial charge in [0.05, 0.1) is 5.92 Å². The van der Waals surface area contributed by atoms with E-state index >= 15 is 0 Å². The van der Waals surface area contributed by atoms with Crippen molar-refractivity contribution >= 4 is 11.8 Å². The topological polar surface area (TPSA) is 75.4 Å². The number of piperidine rings is 1. The molecule has 0 spiro atoms. The molecule has 1 saturated heterocycles. The van der Waals surface area contributed by atoms with Gasteiger partial charge in [-0.3, -0.25) is 9.59 Å². The third-order valence-corrected chi connectivity index (χ3v) is 4.73. The van der Waals surface area contributed by atoms with Crippen molar-refractivity contribution in [3.63, 3.8) is 0 Å². The van der Waals surface area contributed by atoms with Crippen LogP contribution in [0, 0.1) is 17.8 Å². The molecule has 0 bridgehead atoms. The second-order valence-corrected chi connectivity index (χ2v) is 6.22. The van der Waals surface area contributed by atoms with Crippen LogP contribution in [0.25, 0.3) is 0 Å². The lowest BCUT2D eigenvalue weighted by Crippen LogP contribution is -2.48. The molecule has 0 aromatic rings. The molecule has 3 N–H and O–H groups in total. The van der Waals surface area contributed by atoms with Crippen molar-refractivity contribution in [1.29, 1.82) is 0 Å². The molecule has 3 atom stereocenters. The second kappa shape index (κ2) is 7.07. The predicted octanol–water partition coefficient (Wildman–Crippen LogP) is 0.736. The Balaban J connectivity index is 1.89. The number of carbonyl (C=O) groups is 2. The van der Waals surface area contributed by atoms with Crippen LogP contribution in [0.3, 0.4) is 0 Å². The highest BCUT2D eigenvalue weighted by Crippen LogP contribution is 2.33. The first-order chi connectivity index (χ1) is 9.63. The van der Waals surface area contributed by atoms with E-state index in [1.165, 1.54) is 0 Å². The summed E-state index contributed by atoms with van der Waals surface area (Å²) in [6, 6.07) is 0. The molecule has 2 rings (SSSR count). The molecule has 0 radical (unpaired) electrons. The average Bonchev–Trinajstić information content (AvgIpc) is 2.90. The van der Waals surface area contributed by atoms with Gasteiger partial charge in [-0.1, -0.05) is 13.3 Å². The molecule has 0 aromatic carbocycles. The molecule has 2 amide bonds. The maximum atomic E-state index is 12.6. The van der Waals surface area contributed by atoms with Crippen LogP contribution in [0.15, 0.2) is 0 Å². The van der Waals surface area contributed by atoms with Crippen molar-refractivity contribution in [2.45, 2.75) is 39.0 Å². The van der Waals surface area contributed by atoms with Gasteiger partial charge in [0.2, 0.25) is 11.8 Å². The van der Waals surface area contributed by atoms with Crippen molar-refractivity contribution < 1.29 is 9.59 Å². The highest BCUT2D eigenvalue weighted by molar-refractivity contribution is 5.82. The summed E-state index contributed by atoms with van der Waals surface area (Å²) in [5.74, 6) is 0.935. The monoisotopic (exact) mass is 281 g/mol. The summed E-state index contributed by atoms with van der Waals surface area (Å²) in [4.78, 5) is 26.5. The normalized spacial score (nSPS) is 30.3. The first-order valence-corrected chi connectivity index (χ1v) is 7.90. The lowest BCUT2D eigenvalue weighted by atomic mass is 9.92. The largest absolute Gasteiger partial charge is 0.355 e. The van der Waals surface area contributed by atoms with E-state index < -0.39 is 0 Å². The second-order valence-electron chi connectivity index (χ2n) is 6.22. The van der Waals surface area contributed by atoms with Gasteiger partial charge in [0.15, 0.2) is 0 Å². The van der Waals surface area contributed by atoms with Crippen LogP contribution in [-0.4, -0.2) is 42.9 Å². The third-order valence-electron chi connectivity index (χ3n) is 4.73. The van der Waals surface area contributed by atoms with Crippen LogP contribution in [0.2, 0.25) is 0 Å². The number of hydrogen-bond acceptors (Lipinski definition) is 3. The summed E-state index contributed by atoms with van der Waals surface area (Å²) in [7, 11) is 0. The minimum atomic E-state index is -0.0593. The summed E-state index contributed by atoms with van der Waals surface area (Å²) < 4.78 is 0. The standard InChI is InChI=1S/C15H27N3O2/c1-11-4-2-6-13(11)15(20)18-9-3-5-12(10-18)14(19)17-8-7-16/h11-13H,2-10,16H2,1H3,(H,17,19). The Labute approximate surface area is 121 Å². The van der Waals surface area contributed by atoms with Crippen LogP contribution >= 0.6 is 0 Å². The van der Waals surface area contributed by atoms with Crippen LogP contribution < -0.4 is 11.1 Å². The minimum absolute atomic E-state index is 0.0485. The summed E-state index contributed by atoms with van der Waals surface area (Å²) in [6.45, 7) is 4.54. The zero-order valence-corrected chi connectivity index (χ0v) is 12.4. The zero-order chi connectivity index (χ0) is 14.5. The van der Waals surface area contributed by atoms with Crippen LogP contribution in [0.1, 0.15) is 39.0 Å². The van der Waals surface area contributed by atoms with E-state index in [1.807, 2.05) is 4.90 Å². The van der Waals surface area contributed by atoms with Crippen molar-refractivity contribution in [1.82, 2.24) is 10.2 Å². The van der Waals surface area contributed by atoms with Gasteiger partial charge in [-0.25, -0.2) is 0 Å². The number of carbonyl (C=O) groups excluding carboxylic acids is 2. The number of hydrogen-bond donors (Lipinski definition) is 2. The number of likely N-dealkylation sites (tertiary alicyclic amines) is 1. The quantitative estimate of drug-likeness (QED) is 0.798. The number of nitrogens with two attached hydrogens (primary N) is 1. The van der Waals surface area contributed by atoms with Crippen molar-refractivity contribution in [2.75, 3.05) is 26.2 Å². The molecule has 2 fully saturated rings. The fourth-order valence-electron chi connectivity index (χ4n) is 3.48. The van der Waals surface area contributed by atoms with Gasteiger partial charge in [-0.15, -0.1) is 0 Å². The molecule has 20 heavy (non-hydrogen) atoms. The highest BCUT2D eigenvalue weighted by atomic mass is 16.2. The molecule has 5 nitrogen and oxygen atoms in total. The Kier molecular flexibility index (Phi) is 5.40. The van der Waals surface area contributed by atoms with E-state index in [9.17, 15) is 9.59 Å². The fraction of sp³-hybridized carbons (Fsp3) is 0.867. The molecule has 1 heterocycles. The van der Waals surface area contributed by atoms with E-state index in [2.05, 4.69) is 12.2 Å². The predicted molar refractivity (Wildman–Crippen MR) is 77.9 cm³/mol. The molecular formula is C15H27N3O2. The first-order valence-electron chi connectivity index (χ1n) is 7.90. The van der Waals surface area contributed by atoms with E-state index in [1.54, 1.807) is 0 Å². The van der Waals surface area contributed by atoms with Gasteiger partial charge >= 0.3 is 0 Å². The van der Waals surface area contributed by atoms with Gasteiger partial charge in [0.25, 0.3) is 0 Å². The lowest BCUT2D eigenvalue weighted by Gasteiger charge is -2.34.